The zero-order chi connectivity index (χ0) is 21.3. The Bertz CT molecular complexity index is 971. The molecule has 0 saturated heterocycles. The Labute approximate surface area is 187 Å². The molecule has 1 unspecified atom stereocenters. The topological polar surface area (TPSA) is 50.4 Å². The lowest BCUT2D eigenvalue weighted by Crippen LogP contribution is -2.36. The van der Waals surface area contributed by atoms with Gasteiger partial charge in [-0.05, 0) is 49.2 Å². The van der Waals surface area contributed by atoms with Crippen LogP contribution in [-0.4, -0.2) is 24.2 Å². The van der Waals surface area contributed by atoms with Gasteiger partial charge in [0.15, 0.2) is 5.11 Å². The highest BCUT2D eigenvalue weighted by Gasteiger charge is 2.18. The van der Waals surface area contributed by atoms with Crippen LogP contribution in [0.1, 0.15) is 39.7 Å². The summed E-state index contributed by atoms with van der Waals surface area (Å²) in [5.41, 5.74) is 3.01. The lowest BCUT2D eigenvalue weighted by atomic mass is 10.1. The third-order valence-electron chi connectivity index (χ3n) is 4.72. The monoisotopic (exact) mass is 438 g/mol. The number of nitrogens with one attached hydrogen (secondary N) is 2. The molecule has 0 saturated carbocycles. The van der Waals surface area contributed by atoms with E-state index in [9.17, 15) is 4.79 Å². The summed E-state index contributed by atoms with van der Waals surface area (Å²) in [4.78, 5) is 13.3. The highest BCUT2D eigenvalue weighted by Crippen LogP contribution is 2.30. The molecule has 0 fully saturated rings. The van der Waals surface area contributed by atoms with E-state index in [1.54, 1.807) is 0 Å². The fourth-order valence-electron chi connectivity index (χ4n) is 3.14. The van der Waals surface area contributed by atoms with Gasteiger partial charge in [0.25, 0.3) is 0 Å². The van der Waals surface area contributed by atoms with Crippen molar-refractivity contribution in [1.82, 2.24) is 5.32 Å². The number of hydrogen-bond acceptors (Lipinski definition) is 4. The average Bonchev–Trinajstić information content (AvgIpc) is 3.15. The van der Waals surface area contributed by atoms with E-state index < -0.39 is 0 Å². The predicted molar refractivity (Wildman–Crippen MR) is 128 cm³/mol. The number of thiophene rings is 1. The molecule has 1 atom stereocenters. The molecule has 0 amide bonds. The number of thiocarbonyl (C=S) groups is 1. The van der Waals surface area contributed by atoms with Gasteiger partial charge in [0.1, 0.15) is 5.00 Å². The minimum atomic E-state index is -0.368. The van der Waals surface area contributed by atoms with Gasteiger partial charge in [-0.3, -0.25) is 0 Å². The molecule has 156 valence electrons. The van der Waals surface area contributed by atoms with Crippen molar-refractivity contribution in [2.24, 2.45) is 0 Å². The van der Waals surface area contributed by atoms with Gasteiger partial charge in [-0.15, -0.1) is 11.3 Å². The van der Waals surface area contributed by atoms with E-state index in [1.807, 2.05) is 30.3 Å². The Morgan fingerprint density at radius 1 is 1.07 bits per heavy atom. The lowest BCUT2D eigenvalue weighted by molar-refractivity contribution is 0.0602. The summed E-state index contributed by atoms with van der Waals surface area (Å²) in [6.45, 7) is 2.10. The molecule has 0 spiro atoms. The maximum absolute atomic E-state index is 12.2. The largest absolute Gasteiger partial charge is 0.465 e. The summed E-state index contributed by atoms with van der Waals surface area (Å²) < 4.78 is 4.95. The zero-order valence-corrected chi connectivity index (χ0v) is 18.8. The molecule has 0 aliphatic rings. The van der Waals surface area contributed by atoms with E-state index in [0.29, 0.717) is 15.7 Å². The highest BCUT2D eigenvalue weighted by molar-refractivity contribution is 7.80. The van der Waals surface area contributed by atoms with Gasteiger partial charge in [-0.25, -0.2) is 4.79 Å². The number of benzene rings is 2. The molecule has 0 aliphatic carbocycles. The molecule has 0 bridgehead atoms. The van der Waals surface area contributed by atoms with Crippen molar-refractivity contribution in [2.45, 2.75) is 32.2 Å². The van der Waals surface area contributed by atoms with Gasteiger partial charge in [0, 0.05) is 17.3 Å². The molecular weight excluding hydrogens is 412 g/mol. The number of esters is 1. The van der Waals surface area contributed by atoms with Crippen molar-refractivity contribution in [3.8, 4) is 0 Å². The van der Waals surface area contributed by atoms with Gasteiger partial charge in [-0.2, -0.15) is 0 Å². The van der Waals surface area contributed by atoms with Crippen LogP contribution in [0.4, 0.5) is 5.00 Å². The molecule has 0 radical (unpaired) electrons. The Morgan fingerprint density at radius 2 is 1.70 bits per heavy atom. The fraction of sp³-hybridized carbons (Fsp3) is 0.250. The third-order valence-corrected chi connectivity index (χ3v) is 5.99. The first kappa shape index (κ1) is 22.0. The van der Waals surface area contributed by atoms with E-state index in [1.165, 1.54) is 29.6 Å². The van der Waals surface area contributed by atoms with Crippen LogP contribution in [0.15, 0.2) is 66.7 Å². The van der Waals surface area contributed by atoms with Crippen molar-refractivity contribution >= 4 is 39.6 Å². The van der Waals surface area contributed by atoms with Crippen molar-refractivity contribution in [2.75, 3.05) is 12.4 Å². The summed E-state index contributed by atoms with van der Waals surface area (Å²) in [5.74, 6) is -0.368. The van der Waals surface area contributed by atoms with Crippen LogP contribution in [0, 0.1) is 0 Å². The zero-order valence-electron chi connectivity index (χ0n) is 17.2. The van der Waals surface area contributed by atoms with Crippen LogP contribution in [0.25, 0.3) is 0 Å². The van der Waals surface area contributed by atoms with E-state index in [2.05, 4.69) is 54.0 Å². The molecule has 2 N–H and O–H groups in total. The van der Waals surface area contributed by atoms with Crippen LogP contribution >= 0.6 is 23.6 Å². The van der Waals surface area contributed by atoms with Crippen LogP contribution in [0.5, 0.6) is 0 Å². The minimum Gasteiger partial charge on any atom is -0.465 e. The van der Waals surface area contributed by atoms with Gasteiger partial charge < -0.3 is 15.4 Å². The van der Waals surface area contributed by atoms with Gasteiger partial charge in [0.2, 0.25) is 0 Å². The van der Waals surface area contributed by atoms with Crippen LogP contribution in [0.3, 0.4) is 0 Å². The minimum absolute atomic E-state index is 0.204. The number of rotatable bonds is 8. The summed E-state index contributed by atoms with van der Waals surface area (Å²) in [6, 6.07) is 22.6. The van der Waals surface area contributed by atoms with Crippen LogP contribution in [0.2, 0.25) is 0 Å². The number of carbonyl (C=O) groups is 1. The number of anilines is 1. The van der Waals surface area contributed by atoms with Gasteiger partial charge in [0.05, 0.1) is 12.7 Å². The van der Waals surface area contributed by atoms with E-state index in [4.69, 9.17) is 17.0 Å². The van der Waals surface area contributed by atoms with Gasteiger partial charge in [-0.1, -0.05) is 60.7 Å². The van der Waals surface area contributed by atoms with Crippen LogP contribution in [-0.2, 0) is 17.6 Å². The van der Waals surface area contributed by atoms with E-state index in [-0.39, 0.29) is 12.0 Å². The summed E-state index contributed by atoms with van der Waals surface area (Å²) in [5, 5.41) is 7.73. The molecule has 4 nitrogen and oxygen atoms in total. The summed E-state index contributed by atoms with van der Waals surface area (Å²) >= 11 is 7.02. The second kappa shape index (κ2) is 10.9. The standard InChI is InChI=1S/C24H26N2O2S2/c1-17(13-14-18-9-5-3-6-10-18)25-24(29)26-22-21(23(27)28-2)16-20(30-22)15-19-11-7-4-8-12-19/h3-12,16-17H,13-15H2,1-2H3,(H2,25,26,29). The molecule has 2 aromatic carbocycles. The normalized spacial score (nSPS) is 11.5. The smallest absolute Gasteiger partial charge is 0.340 e. The molecule has 1 aromatic heterocycles. The molecule has 1 heterocycles. The molecule has 30 heavy (non-hydrogen) atoms. The summed E-state index contributed by atoms with van der Waals surface area (Å²) in [6.07, 6.45) is 2.69. The van der Waals surface area contributed by atoms with E-state index in [0.717, 1.165) is 24.1 Å². The first-order valence-electron chi connectivity index (χ1n) is 9.91. The lowest BCUT2D eigenvalue weighted by Gasteiger charge is -2.17. The first-order chi connectivity index (χ1) is 14.5. The van der Waals surface area contributed by atoms with Crippen molar-refractivity contribution in [3.63, 3.8) is 0 Å². The molecule has 6 heteroatoms. The number of ether oxygens (including phenoxy) is 1. The molecule has 3 rings (SSSR count). The quantitative estimate of drug-likeness (QED) is 0.363. The Hall–Kier alpha value is -2.70. The maximum Gasteiger partial charge on any atom is 0.340 e. The number of methoxy groups -OCH3 is 1. The number of aryl methyl sites for hydroxylation is 1. The van der Waals surface area contributed by atoms with Crippen molar-refractivity contribution in [1.29, 1.82) is 0 Å². The highest BCUT2D eigenvalue weighted by atomic mass is 32.1. The second-order valence-corrected chi connectivity index (χ2v) is 8.68. The molecule has 0 aliphatic heterocycles. The Kier molecular flexibility index (Phi) is 7.99. The van der Waals surface area contributed by atoms with Crippen LogP contribution < -0.4 is 10.6 Å². The molecular formula is C24H26N2O2S2. The Morgan fingerprint density at radius 3 is 2.33 bits per heavy atom. The van der Waals surface area contributed by atoms with Crippen molar-refractivity contribution < 1.29 is 9.53 Å². The number of hydrogen-bond donors (Lipinski definition) is 2. The van der Waals surface area contributed by atoms with E-state index >= 15 is 0 Å². The second-order valence-electron chi connectivity index (χ2n) is 7.13. The maximum atomic E-state index is 12.2. The third kappa shape index (κ3) is 6.40. The number of carbonyl (C=O) groups excluding carboxylic acids is 1. The summed E-state index contributed by atoms with van der Waals surface area (Å²) in [7, 11) is 1.39. The SMILES string of the molecule is COC(=O)c1cc(Cc2ccccc2)sc1NC(=S)NC(C)CCc1ccccc1. The first-order valence-corrected chi connectivity index (χ1v) is 11.1. The Balaban J connectivity index is 1.62. The van der Waals surface area contributed by atoms with Gasteiger partial charge >= 0.3 is 5.97 Å². The fourth-order valence-corrected chi connectivity index (χ4v) is 4.59. The molecule has 3 aromatic rings. The van der Waals surface area contributed by atoms with Crippen molar-refractivity contribution in [3.05, 3.63) is 88.3 Å². The predicted octanol–water partition coefficient (Wildman–Crippen LogP) is 5.43. The average molecular weight is 439 g/mol.